The molecule has 1 atom stereocenters. The highest BCUT2D eigenvalue weighted by Crippen LogP contribution is 2.40. The van der Waals surface area contributed by atoms with E-state index >= 15 is 4.39 Å². The number of benzene rings is 2. The van der Waals surface area contributed by atoms with Gasteiger partial charge in [0.25, 0.3) is 0 Å². The molecule has 2 aromatic carbocycles. The van der Waals surface area contributed by atoms with Gasteiger partial charge in [0.2, 0.25) is 0 Å². The van der Waals surface area contributed by atoms with E-state index in [0.717, 1.165) is 75.8 Å². The number of halogens is 2. The van der Waals surface area contributed by atoms with E-state index in [-0.39, 0.29) is 22.8 Å². The Hall–Kier alpha value is -3.08. The zero-order valence-corrected chi connectivity index (χ0v) is 24.5. The predicted molar refractivity (Wildman–Crippen MR) is 165 cm³/mol. The van der Waals surface area contributed by atoms with Crippen LogP contribution in [0.3, 0.4) is 0 Å². The Labute approximate surface area is 249 Å². The van der Waals surface area contributed by atoms with Gasteiger partial charge in [0.15, 0.2) is 5.82 Å². The molecule has 3 aliphatic rings. The molecule has 0 spiro atoms. The molecule has 3 saturated heterocycles. The smallest absolute Gasteiger partial charge is 0.319 e. The van der Waals surface area contributed by atoms with Crippen molar-refractivity contribution in [3.63, 3.8) is 0 Å². The van der Waals surface area contributed by atoms with E-state index < -0.39 is 12.5 Å². The number of piperidine rings is 1. The van der Waals surface area contributed by atoms with Crippen molar-refractivity contribution in [2.75, 3.05) is 43.4 Å². The van der Waals surface area contributed by atoms with E-state index in [9.17, 15) is 4.39 Å². The first kappa shape index (κ1) is 27.7. The number of nitrogens with two attached hydrogens (primary N) is 1. The minimum absolute atomic E-state index is 0.0146. The number of rotatable bonds is 8. The molecule has 3 aliphatic heterocycles. The summed E-state index contributed by atoms with van der Waals surface area (Å²) in [5.41, 5.74) is 1.40. The van der Waals surface area contributed by atoms with E-state index in [4.69, 9.17) is 14.9 Å². The van der Waals surface area contributed by atoms with Crippen LogP contribution in [0, 0.1) is 11.7 Å². The molecule has 42 heavy (non-hydrogen) atoms. The molecule has 2 N–H and O–H groups in total. The summed E-state index contributed by atoms with van der Waals surface area (Å²) in [5.74, 6) is 1.37. The quantitative estimate of drug-likeness (QED) is 0.240. The van der Waals surface area contributed by atoms with Gasteiger partial charge in [0.1, 0.15) is 30.3 Å². The number of alkyl halides is 1. The van der Waals surface area contributed by atoms with Crippen molar-refractivity contribution < 1.29 is 13.5 Å². The molecular weight excluding hydrogens is 554 g/mol. The molecule has 10 heteroatoms. The zero-order chi connectivity index (χ0) is 28.7. The van der Waals surface area contributed by atoms with Crippen LogP contribution in [0.4, 0.5) is 14.6 Å². The number of hydrogen-bond acceptors (Lipinski definition) is 8. The Morgan fingerprint density at radius 2 is 1.86 bits per heavy atom. The standard InChI is InChI=1S/C32H36F2N6OS/c33-16-23-9-1-7-22-8-2-10-24(26(22)23)28-27(34)29-25(17-36-28)30(39-13-3-6-21(18-39)19-42-35)38-31(37-29)41-20-32-11-4-14-40(32)15-5-12-32/h1-2,7-10,17,21H,3-6,11-16,18-20,35H2. The van der Waals surface area contributed by atoms with E-state index in [0.29, 0.717) is 40.2 Å². The van der Waals surface area contributed by atoms with E-state index in [2.05, 4.69) is 19.8 Å². The fourth-order valence-electron chi connectivity index (χ4n) is 7.43. The second-order valence-electron chi connectivity index (χ2n) is 12.0. The van der Waals surface area contributed by atoms with Crippen LogP contribution in [0.5, 0.6) is 6.01 Å². The van der Waals surface area contributed by atoms with Crippen molar-refractivity contribution >= 4 is 39.4 Å². The SMILES string of the molecule is NSCC1CCCN(c2nc(OCC34CCCN3CCC4)nc3c(F)c(-c4cccc5cccc(CF)c45)ncc23)C1. The Morgan fingerprint density at radius 3 is 2.64 bits per heavy atom. The molecule has 0 amide bonds. The van der Waals surface area contributed by atoms with Gasteiger partial charge in [0, 0.05) is 30.6 Å². The van der Waals surface area contributed by atoms with Crippen molar-refractivity contribution in [1.82, 2.24) is 19.9 Å². The fourth-order valence-corrected chi connectivity index (χ4v) is 7.98. The highest BCUT2D eigenvalue weighted by atomic mass is 32.2. The number of nitrogens with zero attached hydrogens (tertiary/aromatic N) is 5. The highest BCUT2D eigenvalue weighted by Gasteiger charge is 2.45. The van der Waals surface area contributed by atoms with Gasteiger partial charge in [-0.15, -0.1) is 0 Å². The van der Waals surface area contributed by atoms with Gasteiger partial charge in [-0.05, 0) is 73.9 Å². The highest BCUT2D eigenvalue weighted by molar-refractivity contribution is 7.97. The monoisotopic (exact) mass is 590 g/mol. The van der Waals surface area contributed by atoms with Crippen LogP contribution in [-0.4, -0.2) is 63.9 Å². The lowest BCUT2D eigenvalue weighted by Crippen LogP contribution is -2.43. The summed E-state index contributed by atoms with van der Waals surface area (Å²) >= 11 is 1.36. The van der Waals surface area contributed by atoms with Gasteiger partial charge < -0.3 is 9.64 Å². The summed E-state index contributed by atoms with van der Waals surface area (Å²) in [6.45, 7) is 3.62. The summed E-state index contributed by atoms with van der Waals surface area (Å²) < 4.78 is 37.1. The van der Waals surface area contributed by atoms with Crippen molar-refractivity contribution in [1.29, 1.82) is 0 Å². The van der Waals surface area contributed by atoms with E-state index in [1.165, 1.54) is 11.9 Å². The molecule has 0 radical (unpaired) electrons. The number of fused-ring (bicyclic) bond motifs is 3. The zero-order valence-electron chi connectivity index (χ0n) is 23.7. The molecule has 5 heterocycles. The van der Waals surface area contributed by atoms with Crippen LogP contribution >= 0.6 is 11.9 Å². The molecule has 4 aromatic rings. The molecule has 3 fully saturated rings. The van der Waals surface area contributed by atoms with Crippen LogP contribution in [0.15, 0.2) is 42.6 Å². The average molecular weight is 591 g/mol. The maximum absolute atomic E-state index is 16.6. The number of pyridine rings is 1. The van der Waals surface area contributed by atoms with Crippen LogP contribution < -0.4 is 14.8 Å². The summed E-state index contributed by atoms with van der Waals surface area (Å²) in [6.07, 6.45) is 8.28. The second-order valence-corrected chi connectivity index (χ2v) is 12.6. The largest absolute Gasteiger partial charge is 0.461 e. The molecule has 0 saturated carbocycles. The maximum atomic E-state index is 16.6. The second kappa shape index (κ2) is 11.5. The third kappa shape index (κ3) is 4.87. The van der Waals surface area contributed by atoms with Gasteiger partial charge in [-0.3, -0.25) is 15.0 Å². The topological polar surface area (TPSA) is 80.4 Å². The average Bonchev–Trinajstić information content (AvgIpc) is 3.61. The minimum Gasteiger partial charge on any atom is -0.461 e. The predicted octanol–water partition coefficient (Wildman–Crippen LogP) is 6.28. The first-order chi connectivity index (χ1) is 20.6. The third-order valence-corrected chi connectivity index (χ3v) is 10.1. The number of anilines is 1. The normalized spacial score (nSPS) is 20.5. The van der Waals surface area contributed by atoms with Crippen molar-refractivity contribution in [3.05, 3.63) is 54.0 Å². The van der Waals surface area contributed by atoms with Crippen LogP contribution in [-0.2, 0) is 6.67 Å². The molecule has 2 aromatic heterocycles. The van der Waals surface area contributed by atoms with Gasteiger partial charge in [0.05, 0.1) is 10.9 Å². The third-order valence-electron chi connectivity index (χ3n) is 9.47. The van der Waals surface area contributed by atoms with Gasteiger partial charge in [-0.2, -0.15) is 9.97 Å². The maximum Gasteiger partial charge on any atom is 0.319 e. The molecule has 220 valence electrons. The molecule has 0 aliphatic carbocycles. The summed E-state index contributed by atoms with van der Waals surface area (Å²) in [5, 5.41) is 7.87. The lowest BCUT2D eigenvalue weighted by Gasteiger charge is -2.34. The van der Waals surface area contributed by atoms with Crippen molar-refractivity contribution in [2.24, 2.45) is 11.1 Å². The molecule has 1 unspecified atom stereocenters. The number of hydrogen-bond donors (Lipinski definition) is 1. The van der Waals surface area contributed by atoms with Gasteiger partial charge in [-0.1, -0.05) is 48.3 Å². The minimum atomic E-state index is -0.649. The van der Waals surface area contributed by atoms with Gasteiger partial charge >= 0.3 is 6.01 Å². The number of ether oxygens (including phenoxy) is 1. The summed E-state index contributed by atoms with van der Waals surface area (Å²) in [7, 11) is 0. The first-order valence-electron chi connectivity index (χ1n) is 15.0. The van der Waals surface area contributed by atoms with Crippen molar-refractivity contribution in [2.45, 2.75) is 50.7 Å². The van der Waals surface area contributed by atoms with Crippen molar-refractivity contribution in [3.8, 4) is 17.3 Å². The Kier molecular flexibility index (Phi) is 7.62. The Morgan fingerprint density at radius 1 is 1.05 bits per heavy atom. The Balaban J connectivity index is 1.34. The lowest BCUT2D eigenvalue weighted by atomic mass is 9.95. The van der Waals surface area contributed by atoms with Crippen LogP contribution in [0.2, 0.25) is 0 Å². The van der Waals surface area contributed by atoms with E-state index in [1.807, 2.05) is 24.3 Å². The molecular formula is C32H36F2N6OS. The lowest BCUT2D eigenvalue weighted by molar-refractivity contribution is 0.108. The van der Waals surface area contributed by atoms with Crippen LogP contribution in [0.25, 0.3) is 32.9 Å². The van der Waals surface area contributed by atoms with E-state index in [1.54, 1.807) is 18.3 Å². The van der Waals surface area contributed by atoms with Gasteiger partial charge in [-0.25, -0.2) is 8.78 Å². The molecule has 0 bridgehead atoms. The summed E-state index contributed by atoms with van der Waals surface area (Å²) in [6, 6.07) is 11.2. The number of aromatic nitrogens is 3. The summed E-state index contributed by atoms with van der Waals surface area (Å²) in [4.78, 5) is 18.9. The molecule has 7 nitrogen and oxygen atoms in total. The Bertz CT molecular complexity index is 1600. The fraction of sp³-hybridized carbons (Fsp3) is 0.469. The first-order valence-corrected chi connectivity index (χ1v) is 16.0. The molecule has 7 rings (SSSR count). The van der Waals surface area contributed by atoms with Crippen LogP contribution in [0.1, 0.15) is 44.1 Å².